The van der Waals surface area contributed by atoms with E-state index in [2.05, 4.69) is 17.5 Å². The third-order valence-corrected chi connectivity index (χ3v) is 6.15. The van der Waals surface area contributed by atoms with Gasteiger partial charge >= 0.3 is 5.97 Å². The molecule has 0 radical (unpaired) electrons. The van der Waals surface area contributed by atoms with Crippen LogP contribution in [-0.4, -0.2) is 46.1 Å². The fourth-order valence-corrected chi connectivity index (χ4v) is 4.69. The molecule has 0 spiro atoms. The molecule has 1 unspecified atom stereocenters. The second-order valence-electron chi connectivity index (χ2n) is 7.70. The highest BCUT2D eigenvalue weighted by atomic mass is 32.2. The van der Waals surface area contributed by atoms with Gasteiger partial charge in [-0.15, -0.1) is 0 Å². The maximum Gasteiger partial charge on any atom is 0.330 e. The van der Waals surface area contributed by atoms with E-state index in [0.717, 1.165) is 49.4 Å². The Bertz CT molecular complexity index is 674. The van der Waals surface area contributed by atoms with Crippen LogP contribution in [0, 0.1) is 0 Å². The van der Waals surface area contributed by atoms with Crippen molar-refractivity contribution in [2.45, 2.75) is 75.9 Å². The lowest BCUT2D eigenvalue weighted by molar-refractivity contribution is -0.283. The lowest BCUT2D eigenvalue weighted by Gasteiger charge is -2.43. The summed E-state index contributed by atoms with van der Waals surface area (Å²) in [6.45, 7) is 1.92. The highest BCUT2D eigenvalue weighted by molar-refractivity contribution is 8.14. The predicted octanol–water partition coefficient (Wildman–Crippen LogP) is 3.61. The van der Waals surface area contributed by atoms with Crippen LogP contribution in [0.25, 0.3) is 0 Å². The van der Waals surface area contributed by atoms with Crippen molar-refractivity contribution in [3.8, 4) is 0 Å². The number of carbonyl (C=O) groups excluding carboxylic acids is 2. The first-order valence-electron chi connectivity index (χ1n) is 9.97. The molecule has 3 heterocycles. The molecule has 3 aliphatic rings. The summed E-state index contributed by atoms with van der Waals surface area (Å²) in [5, 5.41) is 13.7. The van der Waals surface area contributed by atoms with E-state index in [1.807, 2.05) is 19.1 Å². The Morgan fingerprint density at radius 2 is 2.00 bits per heavy atom. The van der Waals surface area contributed by atoms with Crippen molar-refractivity contribution in [1.29, 1.82) is 0 Å². The molecule has 154 valence electrons. The van der Waals surface area contributed by atoms with Gasteiger partial charge in [-0.3, -0.25) is 4.79 Å². The van der Waals surface area contributed by atoms with Crippen molar-refractivity contribution in [3.05, 3.63) is 36.0 Å². The first-order chi connectivity index (χ1) is 13.4. The molecular weight excluding hydrogens is 378 g/mol. The Kier molecular flexibility index (Phi) is 7.37. The van der Waals surface area contributed by atoms with E-state index in [1.165, 1.54) is 6.08 Å². The molecule has 1 amide bonds. The standard InChI is InChI=1S/C21H29NO5S/c1-15-9-7-5-3-2-4-6-8-10-16-12-17(26-19(23)11-15)13-21(25,27-16)18-14-28-20(24)22-18/h2-5,11,16-18,25H,6-10,12-14H2,1H3,(H,22,24)/b4-2-,5-3+,15-11-/t16?,17-,18+,21-/m1/s1. The molecule has 6 nitrogen and oxygen atoms in total. The maximum absolute atomic E-state index is 12.3. The number of esters is 1. The highest BCUT2D eigenvalue weighted by Crippen LogP contribution is 2.36. The van der Waals surface area contributed by atoms with Gasteiger partial charge < -0.3 is 19.9 Å². The molecule has 2 saturated heterocycles. The lowest BCUT2D eigenvalue weighted by atomic mass is 9.91. The monoisotopic (exact) mass is 407 g/mol. The van der Waals surface area contributed by atoms with Crippen LogP contribution in [0.15, 0.2) is 36.0 Å². The lowest BCUT2D eigenvalue weighted by Crippen LogP contribution is -2.58. The van der Waals surface area contributed by atoms with Gasteiger partial charge in [0.1, 0.15) is 6.10 Å². The average Bonchev–Trinajstić information content (AvgIpc) is 3.06. The minimum atomic E-state index is -1.52. The molecule has 3 rings (SSSR count). The smallest absolute Gasteiger partial charge is 0.330 e. The zero-order valence-electron chi connectivity index (χ0n) is 16.3. The first kappa shape index (κ1) is 21.1. The van der Waals surface area contributed by atoms with Crippen molar-refractivity contribution in [3.63, 3.8) is 0 Å². The molecule has 0 aliphatic carbocycles. The zero-order chi connectivity index (χ0) is 20.0. The number of amides is 1. The van der Waals surface area contributed by atoms with Gasteiger partial charge in [0.2, 0.25) is 0 Å². The predicted molar refractivity (Wildman–Crippen MR) is 109 cm³/mol. The number of carbonyl (C=O) groups is 2. The van der Waals surface area contributed by atoms with Crippen molar-refractivity contribution in [2.75, 3.05) is 5.75 Å². The Labute approximate surface area is 170 Å². The van der Waals surface area contributed by atoms with Crippen LogP contribution in [0.5, 0.6) is 0 Å². The first-order valence-corrected chi connectivity index (χ1v) is 11.0. The van der Waals surface area contributed by atoms with Crippen molar-refractivity contribution < 1.29 is 24.2 Å². The second-order valence-corrected chi connectivity index (χ2v) is 8.69. The van der Waals surface area contributed by atoms with E-state index in [-0.39, 0.29) is 23.7 Å². The summed E-state index contributed by atoms with van der Waals surface area (Å²) in [7, 11) is 0. The topological polar surface area (TPSA) is 84.9 Å². The molecule has 4 atom stereocenters. The van der Waals surface area contributed by atoms with Crippen molar-refractivity contribution >= 4 is 23.0 Å². The van der Waals surface area contributed by atoms with Gasteiger partial charge in [-0.2, -0.15) is 0 Å². The number of hydrogen-bond donors (Lipinski definition) is 2. The number of hydrogen-bond acceptors (Lipinski definition) is 6. The van der Waals surface area contributed by atoms with Gasteiger partial charge in [0.25, 0.3) is 5.24 Å². The number of ether oxygens (including phenoxy) is 2. The fraction of sp³-hybridized carbons (Fsp3) is 0.619. The quantitative estimate of drug-likeness (QED) is 0.646. The number of thioether (sulfide) groups is 1. The number of allylic oxidation sites excluding steroid dienone is 5. The normalized spacial score (nSPS) is 39.4. The molecule has 0 aromatic carbocycles. The van der Waals surface area contributed by atoms with Crippen LogP contribution in [-0.2, 0) is 14.3 Å². The van der Waals surface area contributed by atoms with Crippen molar-refractivity contribution in [1.82, 2.24) is 5.32 Å². The van der Waals surface area contributed by atoms with Gasteiger partial charge in [-0.05, 0) is 39.0 Å². The zero-order valence-corrected chi connectivity index (χ0v) is 17.1. The third-order valence-electron chi connectivity index (χ3n) is 5.27. The maximum atomic E-state index is 12.3. The SMILES string of the molecule is C/C1=C/C(=O)O[C@@H]2CC(CCC/C=C\C=C\CC1)O[C@@](O)([C@@H]1CSC(=O)N1)C2. The molecule has 3 aliphatic heterocycles. The van der Waals surface area contributed by atoms with Crippen LogP contribution < -0.4 is 5.32 Å². The second kappa shape index (κ2) is 9.76. The van der Waals surface area contributed by atoms with Gasteiger partial charge in [0, 0.05) is 24.7 Å². The molecular formula is C21H29NO5S. The largest absolute Gasteiger partial charge is 0.459 e. The van der Waals surface area contributed by atoms with Gasteiger partial charge in [-0.25, -0.2) is 4.79 Å². The van der Waals surface area contributed by atoms with E-state index in [9.17, 15) is 14.7 Å². The van der Waals surface area contributed by atoms with Gasteiger partial charge in [0.05, 0.1) is 12.1 Å². The summed E-state index contributed by atoms with van der Waals surface area (Å²) < 4.78 is 11.7. The molecule has 0 aromatic heterocycles. The Morgan fingerprint density at radius 3 is 2.75 bits per heavy atom. The summed E-state index contributed by atoms with van der Waals surface area (Å²) in [5.41, 5.74) is 0.962. The average molecular weight is 408 g/mol. The number of fused-ring (bicyclic) bond motifs is 2. The van der Waals surface area contributed by atoms with Crippen LogP contribution in [0.3, 0.4) is 0 Å². The Balaban J connectivity index is 1.75. The molecule has 2 bridgehead atoms. The summed E-state index contributed by atoms with van der Waals surface area (Å²) in [6, 6.07) is -0.498. The Morgan fingerprint density at radius 1 is 1.21 bits per heavy atom. The summed E-state index contributed by atoms with van der Waals surface area (Å²) in [4.78, 5) is 23.9. The van der Waals surface area contributed by atoms with E-state index in [0.29, 0.717) is 12.2 Å². The molecule has 28 heavy (non-hydrogen) atoms. The molecule has 2 N–H and O–H groups in total. The minimum absolute atomic E-state index is 0.163. The van der Waals surface area contributed by atoms with E-state index in [1.54, 1.807) is 0 Å². The highest BCUT2D eigenvalue weighted by Gasteiger charge is 2.49. The van der Waals surface area contributed by atoms with Gasteiger partial charge in [0.15, 0.2) is 5.79 Å². The summed E-state index contributed by atoms with van der Waals surface area (Å²) >= 11 is 1.14. The molecule has 7 heteroatoms. The van der Waals surface area contributed by atoms with Gasteiger partial charge in [-0.1, -0.05) is 41.6 Å². The van der Waals surface area contributed by atoms with Crippen LogP contribution in [0.1, 0.15) is 51.9 Å². The number of aliphatic hydroxyl groups is 1. The molecule has 0 saturated carbocycles. The molecule has 0 aromatic rings. The fourth-order valence-electron chi connectivity index (χ4n) is 3.80. The van der Waals surface area contributed by atoms with Crippen molar-refractivity contribution in [2.24, 2.45) is 0 Å². The van der Waals surface area contributed by atoms with Crippen LogP contribution >= 0.6 is 11.8 Å². The molecule has 2 fully saturated rings. The van der Waals surface area contributed by atoms with E-state index < -0.39 is 17.9 Å². The van der Waals surface area contributed by atoms with Crippen LogP contribution in [0.2, 0.25) is 0 Å². The summed E-state index contributed by atoms with van der Waals surface area (Å²) in [5.74, 6) is -1.46. The number of rotatable bonds is 1. The van der Waals surface area contributed by atoms with E-state index in [4.69, 9.17) is 9.47 Å². The van der Waals surface area contributed by atoms with E-state index >= 15 is 0 Å². The summed E-state index contributed by atoms with van der Waals surface area (Å²) in [6.07, 6.45) is 14.2. The minimum Gasteiger partial charge on any atom is -0.459 e. The Hall–Kier alpha value is -1.57. The third kappa shape index (κ3) is 5.96. The van der Waals surface area contributed by atoms with Crippen LogP contribution in [0.4, 0.5) is 4.79 Å². The number of nitrogens with one attached hydrogen (secondary N) is 1.